The first-order valence-electron chi connectivity index (χ1n) is 6.26. The number of anilines is 2. The van der Waals surface area contributed by atoms with E-state index < -0.39 is 16.2 Å². The Bertz CT molecular complexity index is 726. The second-order valence-electron chi connectivity index (χ2n) is 4.54. The smallest absolute Gasteiger partial charge is 0.320 e. The second kappa shape index (κ2) is 4.76. The van der Waals surface area contributed by atoms with E-state index in [2.05, 4.69) is 9.97 Å². The number of hydrogen-bond donors (Lipinski definition) is 1. The normalized spacial score (nSPS) is 13.9. The van der Waals surface area contributed by atoms with Gasteiger partial charge in [-0.3, -0.25) is 14.9 Å². The van der Waals surface area contributed by atoms with Gasteiger partial charge in [0.15, 0.2) is 0 Å². The number of aromatic nitrogens is 2. The summed E-state index contributed by atoms with van der Waals surface area (Å²) in [5.41, 5.74) is 0.738. The van der Waals surface area contributed by atoms with Gasteiger partial charge in [0.1, 0.15) is 0 Å². The molecule has 1 aromatic carbocycles. The number of rotatable bonds is 2. The number of nitrogens with zero attached hydrogens (tertiary/aromatic N) is 3. The summed E-state index contributed by atoms with van der Waals surface area (Å²) in [6, 6.07) is 7.68. The van der Waals surface area contributed by atoms with Crippen molar-refractivity contribution in [3.63, 3.8) is 0 Å². The maximum absolute atomic E-state index is 11.7. The molecule has 2 heterocycles. The zero-order valence-corrected chi connectivity index (χ0v) is 10.6. The Morgan fingerprint density at radius 2 is 2.15 bits per heavy atom. The molecule has 2 aromatic rings. The standard InChI is InChI=1S/C13H12N4O3/c18-13-11(17(19)20)12(14-8-15-13)16-7-3-5-9-4-1-2-6-10(9)16/h1-2,4,6,8H,3,5,7H2,(H,14,15,18). The van der Waals surface area contributed by atoms with Crippen LogP contribution >= 0.6 is 0 Å². The zero-order valence-electron chi connectivity index (χ0n) is 10.6. The topological polar surface area (TPSA) is 92.1 Å². The molecule has 0 saturated heterocycles. The van der Waals surface area contributed by atoms with Crippen molar-refractivity contribution in [3.05, 3.63) is 56.6 Å². The number of nitro groups is 1. The Balaban J connectivity index is 2.19. The number of aromatic amines is 1. The first-order chi connectivity index (χ1) is 9.68. The van der Waals surface area contributed by atoms with E-state index in [1.54, 1.807) is 4.90 Å². The first kappa shape index (κ1) is 12.3. The third-order valence-electron chi connectivity index (χ3n) is 3.36. The van der Waals surface area contributed by atoms with E-state index in [4.69, 9.17) is 0 Å². The fourth-order valence-electron chi connectivity index (χ4n) is 2.50. The molecule has 7 heteroatoms. The van der Waals surface area contributed by atoms with Crippen molar-refractivity contribution in [1.29, 1.82) is 0 Å². The SMILES string of the molecule is O=c1[nH]cnc(N2CCCc3ccccc32)c1[N+](=O)[O-]. The van der Waals surface area contributed by atoms with Crippen LogP contribution in [0.1, 0.15) is 12.0 Å². The quantitative estimate of drug-likeness (QED) is 0.664. The monoisotopic (exact) mass is 272 g/mol. The average Bonchev–Trinajstić information content (AvgIpc) is 2.46. The number of nitrogens with one attached hydrogen (secondary N) is 1. The summed E-state index contributed by atoms with van der Waals surface area (Å²) in [6.45, 7) is 0.605. The molecule has 0 bridgehead atoms. The molecule has 0 unspecified atom stereocenters. The predicted molar refractivity (Wildman–Crippen MR) is 73.3 cm³/mol. The number of hydrogen-bond acceptors (Lipinski definition) is 5. The van der Waals surface area contributed by atoms with Crippen LogP contribution in [-0.2, 0) is 6.42 Å². The van der Waals surface area contributed by atoms with Gasteiger partial charge in [-0.15, -0.1) is 0 Å². The highest BCUT2D eigenvalue weighted by molar-refractivity contribution is 5.70. The van der Waals surface area contributed by atoms with Crippen LogP contribution in [0.2, 0.25) is 0 Å². The Kier molecular flexibility index (Phi) is 2.94. The molecule has 0 fully saturated rings. The van der Waals surface area contributed by atoms with Crippen molar-refractivity contribution in [3.8, 4) is 0 Å². The number of H-pyrrole nitrogens is 1. The van der Waals surface area contributed by atoms with Gasteiger partial charge >= 0.3 is 11.2 Å². The first-order valence-corrected chi connectivity index (χ1v) is 6.26. The van der Waals surface area contributed by atoms with Crippen molar-refractivity contribution in [2.24, 2.45) is 0 Å². The van der Waals surface area contributed by atoms with E-state index in [-0.39, 0.29) is 5.82 Å². The fourth-order valence-corrected chi connectivity index (χ4v) is 2.50. The van der Waals surface area contributed by atoms with E-state index in [1.807, 2.05) is 24.3 Å². The summed E-state index contributed by atoms with van der Waals surface area (Å²) in [6.07, 6.45) is 2.98. The summed E-state index contributed by atoms with van der Waals surface area (Å²) in [5.74, 6) is 0.103. The van der Waals surface area contributed by atoms with Crippen molar-refractivity contribution < 1.29 is 4.92 Å². The summed E-state index contributed by atoms with van der Waals surface area (Å²) in [5, 5.41) is 11.1. The van der Waals surface area contributed by atoms with Crippen molar-refractivity contribution in [2.45, 2.75) is 12.8 Å². The minimum Gasteiger partial charge on any atom is -0.320 e. The molecule has 0 radical (unpaired) electrons. The van der Waals surface area contributed by atoms with Crippen molar-refractivity contribution in [1.82, 2.24) is 9.97 Å². The Hall–Kier alpha value is -2.70. The largest absolute Gasteiger partial charge is 0.376 e. The fraction of sp³-hybridized carbons (Fsp3) is 0.231. The second-order valence-corrected chi connectivity index (χ2v) is 4.54. The number of para-hydroxylation sites is 1. The van der Waals surface area contributed by atoms with Gasteiger partial charge in [-0.25, -0.2) is 4.98 Å². The molecule has 20 heavy (non-hydrogen) atoms. The van der Waals surface area contributed by atoms with Crippen LogP contribution in [-0.4, -0.2) is 21.4 Å². The van der Waals surface area contributed by atoms with E-state index in [0.29, 0.717) is 6.54 Å². The van der Waals surface area contributed by atoms with Crippen molar-refractivity contribution >= 4 is 17.2 Å². The molecule has 7 nitrogen and oxygen atoms in total. The number of benzene rings is 1. The molecule has 0 amide bonds. The van der Waals surface area contributed by atoms with E-state index in [9.17, 15) is 14.9 Å². The van der Waals surface area contributed by atoms with E-state index in [0.717, 1.165) is 24.1 Å². The molecule has 0 aliphatic carbocycles. The van der Waals surface area contributed by atoms with E-state index >= 15 is 0 Å². The summed E-state index contributed by atoms with van der Waals surface area (Å²) < 4.78 is 0. The third kappa shape index (κ3) is 1.93. The lowest BCUT2D eigenvalue weighted by atomic mass is 10.0. The van der Waals surface area contributed by atoms with Gasteiger partial charge in [-0.2, -0.15) is 0 Å². The molecular weight excluding hydrogens is 260 g/mol. The third-order valence-corrected chi connectivity index (χ3v) is 3.36. The van der Waals surface area contributed by atoms with Gasteiger partial charge in [-0.1, -0.05) is 18.2 Å². The lowest BCUT2D eigenvalue weighted by Gasteiger charge is -2.29. The summed E-state index contributed by atoms with van der Waals surface area (Å²) in [4.78, 5) is 30.1. The molecule has 1 N–H and O–H groups in total. The van der Waals surface area contributed by atoms with Crippen LogP contribution in [0.15, 0.2) is 35.4 Å². The molecule has 1 aliphatic rings. The molecule has 1 aliphatic heterocycles. The highest BCUT2D eigenvalue weighted by atomic mass is 16.6. The van der Waals surface area contributed by atoms with Gasteiger partial charge in [-0.05, 0) is 24.5 Å². The molecule has 0 saturated carbocycles. The van der Waals surface area contributed by atoms with Crippen LogP contribution in [0.4, 0.5) is 17.2 Å². The Labute approximate surface area is 114 Å². The van der Waals surface area contributed by atoms with Gasteiger partial charge in [0, 0.05) is 12.2 Å². The van der Waals surface area contributed by atoms with Gasteiger partial charge in [0.05, 0.1) is 11.3 Å². The lowest BCUT2D eigenvalue weighted by Crippen LogP contribution is -2.28. The summed E-state index contributed by atoms with van der Waals surface area (Å²) in [7, 11) is 0. The van der Waals surface area contributed by atoms with E-state index in [1.165, 1.54) is 6.33 Å². The minimum atomic E-state index is -0.733. The molecule has 0 spiro atoms. The maximum Gasteiger partial charge on any atom is 0.376 e. The number of fused-ring (bicyclic) bond motifs is 1. The highest BCUT2D eigenvalue weighted by Gasteiger charge is 2.28. The molecular formula is C13H12N4O3. The van der Waals surface area contributed by atoms with Crippen LogP contribution in [0.5, 0.6) is 0 Å². The van der Waals surface area contributed by atoms with Crippen LogP contribution < -0.4 is 10.5 Å². The Morgan fingerprint density at radius 1 is 1.35 bits per heavy atom. The van der Waals surface area contributed by atoms with Crippen molar-refractivity contribution in [2.75, 3.05) is 11.4 Å². The Morgan fingerprint density at radius 3 is 2.95 bits per heavy atom. The molecule has 102 valence electrons. The number of aryl methyl sites for hydroxylation is 1. The summed E-state index contributed by atoms with van der Waals surface area (Å²) >= 11 is 0. The maximum atomic E-state index is 11.7. The van der Waals surface area contributed by atoms with Gasteiger partial charge in [0.25, 0.3) is 0 Å². The van der Waals surface area contributed by atoms with Crippen LogP contribution in [0, 0.1) is 10.1 Å². The van der Waals surface area contributed by atoms with Crippen LogP contribution in [0.3, 0.4) is 0 Å². The molecule has 3 rings (SSSR count). The lowest BCUT2D eigenvalue weighted by molar-refractivity contribution is -0.385. The van der Waals surface area contributed by atoms with Gasteiger partial charge < -0.3 is 9.88 Å². The molecule has 0 atom stereocenters. The van der Waals surface area contributed by atoms with Gasteiger partial charge in [0.2, 0.25) is 5.82 Å². The minimum absolute atomic E-state index is 0.103. The predicted octanol–water partition coefficient (Wildman–Crippen LogP) is 1.76. The zero-order chi connectivity index (χ0) is 14.1. The highest BCUT2D eigenvalue weighted by Crippen LogP contribution is 2.34. The van der Waals surface area contributed by atoms with Crippen LogP contribution in [0.25, 0.3) is 0 Å². The molecule has 1 aromatic heterocycles. The average molecular weight is 272 g/mol.